The van der Waals surface area contributed by atoms with Crippen LogP contribution in [0, 0.1) is 17.8 Å². The molecule has 6 nitrogen and oxygen atoms in total. The molecular weight excluding hydrogens is 346 g/mol. The molecule has 4 atom stereocenters. The minimum Gasteiger partial charge on any atom is -0.454 e. The van der Waals surface area contributed by atoms with Gasteiger partial charge in [-0.15, -0.1) is 0 Å². The molecule has 0 spiro atoms. The van der Waals surface area contributed by atoms with E-state index in [-0.39, 0.29) is 37.0 Å². The number of ether oxygens (including phenoxy) is 3. The summed E-state index contributed by atoms with van der Waals surface area (Å²) in [4.78, 5) is 14.5. The number of nitrogens with zero attached hydrogens (tertiary/aromatic N) is 1. The molecule has 142 valence electrons. The SMILES string of the molecule is CN(Cc1cc2c(cc1OC(F)F)OCO2)C(=O)C1C2CCC(C2)C1N. The van der Waals surface area contributed by atoms with Gasteiger partial charge in [0, 0.05) is 31.3 Å². The second kappa shape index (κ2) is 6.57. The summed E-state index contributed by atoms with van der Waals surface area (Å²) in [6.45, 7) is -2.80. The summed E-state index contributed by atoms with van der Waals surface area (Å²) in [7, 11) is 1.66. The van der Waals surface area contributed by atoms with Gasteiger partial charge in [-0.3, -0.25) is 4.79 Å². The number of halogens is 2. The van der Waals surface area contributed by atoms with E-state index in [1.165, 1.54) is 6.07 Å². The summed E-state index contributed by atoms with van der Waals surface area (Å²) >= 11 is 0. The Labute approximate surface area is 150 Å². The van der Waals surface area contributed by atoms with Crippen LogP contribution in [0.3, 0.4) is 0 Å². The highest BCUT2D eigenvalue weighted by atomic mass is 19.3. The van der Waals surface area contributed by atoms with Crippen LogP contribution in [0.4, 0.5) is 8.78 Å². The van der Waals surface area contributed by atoms with Crippen molar-refractivity contribution in [1.82, 2.24) is 4.90 Å². The average molecular weight is 368 g/mol. The van der Waals surface area contributed by atoms with Crippen molar-refractivity contribution in [2.75, 3.05) is 13.8 Å². The highest BCUT2D eigenvalue weighted by Gasteiger charge is 2.49. The first-order chi connectivity index (χ1) is 12.4. The third-order valence-corrected chi connectivity index (χ3v) is 5.82. The van der Waals surface area contributed by atoms with E-state index in [1.54, 1.807) is 18.0 Å². The van der Waals surface area contributed by atoms with Crippen molar-refractivity contribution in [2.24, 2.45) is 23.5 Å². The summed E-state index contributed by atoms with van der Waals surface area (Å²) in [6.07, 6.45) is 3.13. The molecule has 2 aliphatic carbocycles. The molecular formula is C18H22F2N2O4. The van der Waals surface area contributed by atoms with Crippen LogP contribution < -0.4 is 19.9 Å². The summed E-state index contributed by atoms with van der Waals surface area (Å²) in [6, 6.07) is 2.85. The lowest BCUT2D eigenvalue weighted by molar-refractivity contribution is -0.137. The van der Waals surface area contributed by atoms with Gasteiger partial charge in [-0.25, -0.2) is 0 Å². The molecule has 0 saturated heterocycles. The highest BCUT2D eigenvalue weighted by molar-refractivity contribution is 5.80. The lowest BCUT2D eigenvalue weighted by atomic mass is 9.84. The van der Waals surface area contributed by atoms with Gasteiger partial charge in [-0.2, -0.15) is 8.78 Å². The second-order valence-electron chi connectivity index (χ2n) is 7.32. The first-order valence-electron chi connectivity index (χ1n) is 8.82. The van der Waals surface area contributed by atoms with Crippen LogP contribution in [0.5, 0.6) is 17.2 Å². The molecule has 1 aliphatic heterocycles. The summed E-state index contributed by atoms with van der Waals surface area (Å²) in [5, 5.41) is 0. The van der Waals surface area contributed by atoms with Crippen LogP contribution in [-0.2, 0) is 11.3 Å². The van der Waals surface area contributed by atoms with E-state index in [9.17, 15) is 13.6 Å². The third-order valence-electron chi connectivity index (χ3n) is 5.82. The van der Waals surface area contributed by atoms with E-state index in [0.29, 0.717) is 28.9 Å². The normalized spacial score (nSPS) is 28.7. The number of hydrogen-bond acceptors (Lipinski definition) is 5. The van der Waals surface area contributed by atoms with Crippen molar-refractivity contribution in [3.05, 3.63) is 17.7 Å². The Morgan fingerprint density at radius 3 is 2.65 bits per heavy atom. The predicted molar refractivity (Wildman–Crippen MR) is 88.0 cm³/mol. The zero-order valence-electron chi connectivity index (χ0n) is 14.5. The van der Waals surface area contributed by atoms with Gasteiger partial charge >= 0.3 is 6.61 Å². The quantitative estimate of drug-likeness (QED) is 0.864. The van der Waals surface area contributed by atoms with Crippen LogP contribution in [-0.4, -0.2) is 37.3 Å². The molecule has 4 unspecified atom stereocenters. The van der Waals surface area contributed by atoms with Crippen LogP contribution in [0.15, 0.2) is 12.1 Å². The molecule has 26 heavy (non-hydrogen) atoms. The Hall–Kier alpha value is -2.09. The lowest BCUT2D eigenvalue weighted by Crippen LogP contribution is -2.45. The van der Waals surface area contributed by atoms with Crippen molar-refractivity contribution in [1.29, 1.82) is 0 Å². The van der Waals surface area contributed by atoms with E-state index < -0.39 is 6.61 Å². The number of amides is 1. The van der Waals surface area contributed by atoms with E-state index in [0.717, 1.165) is 19.3 Å². The molecule has 0 radical (unpaired) electrons. The monoisotopic (exact) mass is 368 g/mol. The van der Waals surface area contributed by atoms with Gasteiger partial charge in [-0.05, 0) is 37.2 Å². The maximum absolute atomic E-state index is 12.9. The van der Waals surface area contributed by atoms with Crippen molar-refractivity contribution in [2.45, 2.75) is 38.5 Å². The first-order valence-corrected chi connectivity index (χ1v) is 8.82. The molecule has 2 saturated carbocycles. The molecule has 3 aliphatic rings. The predicted octanol–water partition coefficient (Wildman–Crippen LogP) is 2.35. The molecule has 0 aromatic heterocycles. The fourth-order valence-electron chi connectivity index (χ4n) is 4.58. The average Bonchev–Trinajstić information content (AvgIpc) is 3.29. The fourth-order valence-corrected chi connectivity index (χ4v) is 4.58. The fraction of sp³-hybridized carbons (Fsp3) is 0.611. The number of alkyl halides is 2. The van der Waals surface area contributed by atoms with Gasteiger partial charge in [0.2, 0.25) is 12.7 Å². The number of fused-ring (bicyclic) bond motifs is 3. The van der Waals surface area contributed by atoms with E-state index in [4.69, 9.17) is 15.2 Å². The zero-order valence-corrected chi connectivity index (χ0v) is 14.5. The molecule has 2 fully saturated rings. The maximum atomic E-state index is 12.9. The topological polar surface area (TPSA) is 74.0 Å². The smallest absolute Gasteiger partial charge is 0.387 e. The number of nitrogens with two attached hydrogens (primary N) is 1. The van der Waals surface area contributed by atoms with Gasteiger partial charge in [0.15, 0.2) is 11.5 Å². The number of carbonyl (C=O) groups excluding carboxylic acids is 1. The minimum atomic E-state index is -2.96. The van der Waals surface area contributed by atoms with Crippen molar-refractivity contribution >= 4 is 5.91 Å². The summed E-state index contributed by atoms with van der Waals surface area (Å²) in [5.41, 5.74) is 6.70. The van der Waals surface area contributed by atoms with Crippen LogP contribution in [0.2, 0.25) is 0 Å². The number of rotatable bonds is 5. The number of carbonyl (C=O) groups is 1. The van der Waals surface area contributed by atoms with Gasteiger partial charge in [0.05, 0.1) is 5.92 Å². The Balaban J connectivity index is 1.53. The minimum absolute atomic E-state index is 0.0128. The van der Waals surface area contributed by atoms with E-state index >= 15 is 0 Å². The van der Waals surface area contributed by atoms with Crippen molar-refractivity contribution in [3.8, 4) is 17.2 Å². The van der Waals surface area contributed by atoms with Gasteiger partial charge in [0.25, 0.3) is 0 Å². The molecule has 1 heterocycles. The van der Waals surface area contributed by atoms with Crippen molar-refractivity contribution < 1.29 is 27.8 Å². The van der Waals surface area contributed by atoms with Gasteiger partial charge in [-0.1, -0.05) is 0 Å². The maximum Gasteiger partial charge on any atom is 0.387 e. The Morgan fingerprint density at radius 2 is 2.00 bits per heavy atom. The largest absolute Gasteiger partial charge is 0.454 e. The second-order valence-corrected chi connectivity index (χ2v) is 7.32. The summed E-state index contributed by atoms with van der Waals surface area (Å²) in [5.74, 6) is 1.33. The van der Waals surface area contributed by atoms with E-state index in [2.05, 4.69) is 4.74 Å². The Morgan fingerprint density at radius 1 is 1.31 bits per heavy atom. The molecule has 1 aromatic carbocycles. The highest BCUT2D eigenvalue weighted by Crippen LogP contribution is 2.48. The third kappa shape index (κ3) is 2.96. The zero-order chi connectivity index (χ0) is 18.4. The molecule has 1 aromatic rings. The van der Waals surface area contributed by atoms with Gasteiger partial charge < -0.3 is 24.8 Å². The first kappa shape index (κ1) is 17.3. The Kier molecular flexibility index (Phi) is 4.38. The Bertz CT molecular complexity index is 713. The number of hydrogen-bond donors (Lipinski definition) is 1. The van der Waals surface area contributed by atoms with Crippen LogP contribution in [0.1, 0.15) is 24.8 Å². The van der Waals surface area contributed by atoms with Crippen LogP contribution >= 0.6 is 0 Å². The van der Waals surface area contributed by atoms with Crippen LogP contribution in [0.25, 0.3) is 0 Å². The molecule has 2 bridgehead atoms. The standard InChI is InChI=1S/C18H22F2N2O4/c1-22(17(23)15-9-2-3-10(4-9)16(15)21)7-11-5-13-14(25-8-24-13)6-12(11)26-18(19)20/h5-6,9-10,15-16,18H,2-4,7-8,21H2,1H3. The molecule has 4 rings (SSSR count). The van der Waals surface area contributed by atoms with Gasteiger partial charge in [0.1, 0.15) is 5.75 Å². The lowest BCUT2D eigenvalue weighted by Gasteiger charge is -2.31. The molecule has 2 N–H and O–H groups in total. The molecule has 8 heteroatoms. The molecule has 1 amide bonds. The van der Waals surface area contributed by atoms with E-state index in [1.807, 2.05) is 0 Å². The summed E-state index contributed by atoms with van der Waals surface area (Å²) < 4.78 is 40.6. The number of benzene rings is 1. The van der Waals surface area contributed by atoms with Crippen molar-refractivity contribution in [3.63, 3.8) is 0 Å².